The molecule has 0 amide bonds. The highest BCUT2D eigenvalue weighted by atomic mass is 32.2. The Morgan fingerprint density at radius 3 is 2.76 bits per heavy atom. The molecule has 1 aliphatic rings. The molecule has 21 heavy (non-hydrogen) atoms. The van der Waals surface area contributed by atoms with Crippen LogP contribution in [0.15, 0.2) is 24.4 Å². The van der Waals surface area contributed by atoms with Gasteiger partial charge in [0.2, 0.25) is 0 Å². The van der Waals surface area contributed by atoms with E-state index in [0.29, 0.717) is 6.04 Å². The minimum absolute atomic E-state index is 0.495. The van der Waals surface area contributed by atoms with E-state index in [0.717, 1.165) is 33.8 Å². The molecule has 1 aliphatic heterocycles. The van der Waals surface area contributed by atoms with Crippen LogP contribution < -0.4 is 14.8 Å². The standard InChI is InChI=1S/C16H20N2O2S/c1-19-14-8-11-5-6-17-16(13(11)9-15(14)20-2)18-12-4-3-7-21-10-12/h5-6,8-9,12H,3-4,7,10H2,1-2H3,(H,17,18). The van der Waals surface area contributed by atoms with Gasteiger partial charge in [-0.2, -0.15) is 11.8 Å². The van der Waals surface area contributed by atoms with Crippen molar-refractivity contribution in [2.24, 2.45) is 0 Å². The molecule has 1 aromatic carbocycles. The number of benzene rings is 1. The number of ether oxygens (including phenoxy) is 2. The molecular weight excluding hydrogens is 284 g/mol. The van der Waals surface area contributed by atoms with Gasteiger partial charge < -0.3 is 14.8 Å². The summed E-state index contributed by atoms with van der Waals surface area (Å²) in [7, 11) is 3.31. The molecule has 0 aliphatic carbocycles. The van der Waals surface area contributed by atoms with Crippen LogP contribution in [0.25, 0.3) is 10.8 Å². The lowest BCUT2D eigenvalue weighted by molar-refractivity contribution is 0.356. The van der Waals surface area contributed by atoms with Crippen molar-refractivity contribution >= 4 is 28.4 Å². The Balaban J connectivity index is 1.97. The van der Waals surface area contributed by atoms with Crippen LogP contribution in [0.4, 0.5) is 5.82 Å². The summed E-state index contributed by atoms with van der Waals surface area (Å²) in [5.74, 6) is 4.83. The third-order valence-corrected chi connectivity index (χ3v) is 4.99. The first-order chi connectivity index (χ1) is 10.3. The number of fused-ring (bicyclic) bond motifs is 1. The monoisotopic (exact) mass is 304 g/mol. The van der Waals surface area contributed by atoms with Crippen molar-refractivity contribution in [1.29, 1.82) is 0 Å². The summed E-state index contributed by atoms with van der Waals surface area (Å²) in [6.45, 7) is 0. The van der Waals surface area contributed by atoms with E-state index in [1.807, 2.05) is 36.2 Å². The van der Waals surface area contributed by atoms with Gasteiger partial charge in [-0.15, -0.1) is 0 Å². The zero-order chi connectivity index (χ0) is 14.7. The number of nitrogens with one attached hydrogen (secondary N) is 1. The number of pyridine rings is 1. The van der Waals surface area contributed by atoms with Crippen molar-refractivity contribution < 1.29 is 9.47 Å². The van der Waals surface area contributed by atoms with E-state index in [9.17, 15) is 0 Å². The molecule has 2 aromatic rings. The number of anilines is 1. The minimum atomic E-state index is 0.495. The largest absolute Gasteiger partial charge is 0.493 e. The normalized spacial score (nSPS) is 18.5. The van der Waals surface area contributed by atoms with Gasteiger partial charge in [0.05, 0.1) is 14.2 Å². The van der Waals surface area contributed by atoms with Crippen LogP contribution in [0.3, 0.4) is 0 Å². The first kappa shape index (κ1) is 14.3. The third-order valence-electron chi connectivity index (χ3n) is 3.77. The van der Waals surface area contributed by atoms with Gasteiger partial charge in [0.15, 0.2) is 11.5 Å². The van der Waals surface area contributed by atoms with Crippen LogP contribution in [-0.2, 0) is 0 Å². The van der Waals surface area contributed by atoms with Crippen LogP contribution in [0.1, 0.15) is 12.8 Å². The second-order valence-corrected chi connectivity index (χ2v) is 6.30. The van der Waals surface area contributed by atoms with Crippen LogP contribution in [0, 0.1) is 0 Å². The molecule has 112 valence electrons. The summed E-state index contributed by atoms with van der Waals surface area (Å²) in [5, 5.41) is 5.76. The summed E-state index contributed by atoms with van der Waals surface area (Å²) in [6.07, 6.45) is 4.31. The van der Waals surface area contributed by atoms with E-state index in [1.54, 1.807) is 14.2 Å². The maximum absolute atomic E-state index is 5.40. The number of nitrogens with zero attached hydrogens (tertiary/aromatic N) is 1. The first-order valence-electron chi connectivity index (χ1n) is 7.17. The number of rotatable bonds is 4. The van der Waals surface area contributed by atoms with Gasteiger partial charge in [-0.3, -0.25) is 0 Å². The Labute approximate surface area is 129 Å². The summed E-state index contributed by atoms with van der Waals surface area (Å²) in [5.41, 5.74) is 0. The van der Waals surface area contributed by atoms with Crippen molar-refractivity contribution in [2.45, 2.75) is 18.9 Å². The Bertz CT molecular complexity index is 627. The molecule has 4 nitrogen and oxygen atoms in total. The molecule has 5 heteroatoms. The van der Waals surface area contributed by atoms with Crippen molar-refractivity contribution in [3.63, 3.8) is 0 Å². The summed E-state index contributed by atoms with van der Waals surface area (Å²) >= 11 is 2.01. The summed E-state index contributed by atoms with van der Waals surface area (Å²) in [6, 6.07) is 6.49. The summed E-state index contributed by atoms with van der Waals surface area (Å²) < 4.78 is 10.8. The second-order valence-electron chi connectivity index (χ2n) is 5.15. The van der Waals surface area contributed by atoms with Crippen LogP contribution in [0.5, 0.6) is 11.5 Å². The molecule has 1 fully saturated rings. The highest BCUT2D eigenvalue weighted by Gasteiger charge is 2.16. The number of thioether (sulfide) groups is 1. The molecule has 1 unspecified atom stereocenters. The quantitative estimate of drug-likeness (QED) is 0.935. The topological polar surface area (TPSA) is 43.4 Å². The second kappa shape index (κ2) is 6.43. The van der Waals surface area contributed by atoms with Gasteiger partial charge in [-0.05, 0) is 42.2 Å². The van der Waals surface area contributed by atoms with Gasteiger partial charge in [0.25, 0.3) is 0 Å². The maximum Gasteiger partial charge on any atom is 0.161 e. The molecule has 3 rings (SSSR count). The molecule has 1 atom stereocenters. The average molecular weight is 304 g/mol. The fourth-order valence-corrected chi connectivity index (χ4v) is 3.73. The Hall–Kier alpha value is -1.62. The van der Waals surface area contributed by atoms with Gasteiger partial charge in [0.1, 0.15) is 5.82 Å². The molecule has 0 spiro atoms. The van der Waals surface area contributed by atoms with E-state index >= 15 is 0 Å². The SMILES string of the molecule is COc1cc2ccnc(NC3CCCSC3)c2cc1OC. The molecule has 1 saturated heterocycles. The molecular formula is C16H20N2O2S. The van der Waals surface area contributed by atoms with E-state index < -0.39 is 0 Å². The van der Waals surface area contributed by atoms with Crippen LogP contribution in [0.2, 0.25) is 0 Å². The number of aromatic nitrogens is 1. The van der Waals surface area contributed by atoms with Gasteiger partial charge >= 0.3 is 0 Å². The van der Waals surface area contributed by atoms with Gasteiger partial charge in [-0.1, -0.05) is 0 Å². The lowest BCUT2D eigenvalue weighted by Gasteiger charge is -2.23. The van der Waals surface area contributed by atoms with Crippen molar-refractivity contribution in [2.75, 3.05) is 31.0 Å². The van der Waals surface area contributed by atoms with E-state index in [4.69, 9.17) is 9.47 Å². The maximum atomic E-state index is 5.40. The molecule has 2 heterocycles. The van der Waals surface area contributed by atoms with Crippen LogP contribution in [-0.4, -0.2) is 36.8 Å². The lowest BCUT2D eigenvalue weighted by Crippen LogP contribution is -2.26. The van der Waals surface area contributed by atoms with Crippen molar-refractivity contribution in [3.05, 3.63) is 24.4 Å². The zero-order valence-corrected chi connectivity index (χ0v) is 13.2. The van der Waals surface area contributed by atoms with E-state index in [1.165, 1.54) is 18.6 Å². The average Bonchev–Trinajstić information content (AvgIpc) is 2.55. The highest BCUT2D eigenvalue weighted by molar-refractivity contribution is 7.99. The fraction of sp³-hybridized carbons (Fsp3) is 0.438. The van der Waals surface area contributed by atoms with Gasteiger partial charge in [-0.25, -0.2) is 4.98 Å². The lowest BCUT2D eigenvalue weighted by atomic mass is 10.1. The van der Waals surface area contributed by atoms with E-state index in [2.05, 4.69) is 10.3 Å². The smallest absolute Gasteiger partial charge is 0.161 e. The van der Waals surface area contributed by atoms with Gasteiger partial charge in [0, 0.05) is 23.4 Å². The number of hydrogen-bond acceptors (Lipinski definition) is 5. The zero-order valence-electron chi connectivity index (χ0n) is 12.4. The fourth-order valence-electron chi connectivity index (χ4n) is 2.66. The van der Waals surface area contributed by atoms with Crippen LogP contribution >= 0.6 is 11.8 Å². The Morgan fingerprint density at radius 2 is 2.05 bits per heavy atom. The van der Waals surface area contributed by atoms with E-state index in [-0.39, 0.29) is 0 Å². The predicted molar refractivity (Wildman–Crippen MR) is 88.8 cm³/mol. The third kappa shape index (κ3) is 3.02. The molecule has 1 aromatic heterocycles. The molecule has 0 radical (unpaired) electrons. The first-order valence-corrected chi connectivity index (χ1v) is 8.32. The minimum Gasteiger partial charge on any atom is -0.493 e. The van der Waals surface area contributed by atoms with Crippen molar-refractivity contribution in [1.82, 2.24) is 4.98 Å². The molecule has 0 saturated carbocycles. The molecule has 0 bridgehead atoms. The highest BCUT2D eigenvalue weighted by Crippen LogP contribution is 2.35. The predicted octanol–water partition coefficient (Wildman–Crippen LogP) is 3.56. The summed E-state index contributed by atoms with van der Waals surface area (Å²) in [4.78, 5) is 4.52. The molecule has 1 N–H and O–H groups in total. The Morgan fingerprint density at radius 1 is 1.24 bits per heavy atom. The number of methoxy groups -OCH3 is 2. The Kier molecular flexibility index (Phi) is 4.39. The number of hydrogen-bond donors (Lipinski definition) is 1. The van der Waals surface area contributed by atoms with Crippen molar-refractivity contribution in [3.8, 4) is 11.5 Å².